The molecule has 2 N–H and O–H groups in total. The molecule has 0 radical (unpaired) electrons. The van der Waals surface area contributed by atoms with Crippen molar-refractivity contribution in [2.45, 2.75) is 32.8 Å². The fraction of sp³-hybridized carbons (Fsp3) is 0.500. The van der Waals surface area contributed by atoms with Crippen LogP contribution in [0, 0.1) is 0 Å². The molecule has 0 aliphatic heterocycles. The first kappa shape index (κ1) is 16.8. The van der Waals surface area contributed by atoms with Gasteiger partial charge in [-0.05, 0) is 48.3 Å². The Morgan fingerprint density at radius 2 is 2.00 bits per heavy atom. The number of aromatic carboxylic acids is 1. The number of carbonyl (C=O) groups is 1. The van der Waals surface area contributed by atoms with Gasteiger partial charge in [0.2, 0.25) is 0 Å². The van der Waals surface area contributed by atoms with E-state index in [1.165, 1.54) is 12.1 Å². The normalized spacial score (nSPS) is 13.7. The van der Waals surface area contributed by atoms with Crippen molar-refractivity contribution in [3.8, 4) is 11.5 Å². The van der Waals surface area contributed by atoms with Gasteiger partial charge in [-0.3, -0.25) is 0 Å². The maximum Gasteiger partial charge on any atom is 0.335 e. The van der Waals surface area contributed by atoms with Crippen LogP contribution in [0.3, 0.4) is 0 Å². The van der Waals surface area contributed by atoms with Gasteiger partial charge in [-0.15, -0.1) is 0 Å². The molecule has 1 rings (SSSR count). The summed E-state index contributed by atoms with van der Waals surface area (Å²) in [6.45, 7) is 5.81. The third kappa shape index (κ3) is 4.38. The molecule has 112 valence electrons. The Hall–Kier alpha value is -1.27. The Kier molecular flexibility index (Phi) is 5.83. The third-order valence-electron chi connectivity index (χ3n) is 2.85. The van der Waals surface area contributed by atoms with E-state index in [1.807, 2.05) is 6.92 Å². The zero-order valence-corrected chi connectivity index (χ0v) is 13.4. The zero-order valence-electron chi connectivity index (χ0n) is 11.8. The third-order valence-corrected chi connectivity index (χ3v) is 3.43. The van der Waals surface area contributed by atoms with E-state index in [0.29, 0.717) is 29.0 Å². The van der Waals surface area contributed by atoms with Crippen LogP contribution in [0.15, 0.2) is 16.6 Å². The Balaban J connectivity index is 3.07. The average Bonchev–Trinajstić information content (AvgIpc) is 2.37. The Labute approximate surface area is 126 Å². The molecular weight excluding hydrogens is 328 g/mol. The number of rotatable bonds is 7. The first-order valence-corrected chi connectivity index (χ1v) is 7.14. The Bertz CT molecular complexity index is 485. The molecule has 0 saturated carbocycles. The van der Waals surface area contributed by atoms with E-state index in [4.69, 9.17) is 14.6 Å². The van der Waals surface area contributed by atoms with E-state index in [1.54, 1.807) is 13.8 Å². The summed E-state index contributed by atoms with van der Waals surface area (Å²) < 4.78 is 11.5. The fourth-order valence-electron chi connectivity index (χ4n) is 1.42. The molecule has 0 saturated heterocycles. The van der Waals surface area contributed by atoms with Crippen LogP contribution in [0.1, 0.15) is 37.6 Å². The van der Waals surface area contributed by atoms with Gasteiger partial charge in [0.25, 0.3) is 0 Å². The molecule has 0 fully saturated rings. The molecule has 0 spiro atoms. The van der Waals surface area contributed by atoms with Crippen molar-refractivity contribution >= 4 is 21.9 Å². The van der Waals surface area contributed by atoms with Gasteiger partial charge < -0.3 is 19.7 Å². The molecule has 6 heteroatoms. The molecule has 20 heavy (non-hydrogen) atoms. The van der Waals surface area contributed by atoms with E-state index in [2.05, 4.69) is 15.9 Å². The summed E-state index contributed by atoms with van der Waals surface area (Å²) in [5.41, 5.74) is -0.844. The highest BCUT2D eigenvalue weighted by molar-refractivity contribution is 9.10. The van der Waals surface area contributed by atoms with Crippen molar-refractivity contribution in [1.29, 1.82) is 0 Å². The van der Waals surface area contributed by atoms with E-state index in [9.17, 15) is 9.90 Å². The number of halogens is 1. The predicted molar refractivity (Wildman–Crippen MR) is 78.7 cm³/mol. The molecule has 0 amide bonds. The first-order chi connectivity index (χ1) is 9.30. The van der Waals surface area contributed by atoms with Gasteiger partial charge >= 0.3 is 5.97 Å². The molecule has 0 aliphatic carbocycles. The summed E-state index contributed by atoms with van der Waals surface area (Å²) in [7, 11) is 0. The average molecular weight is 347 g/mol. The summed E-state index contributed by atoms with van der Waals surface area (Å²) in [6.07, 6.45) is 0.543. The van der Waals surface area contributed by atoms with Crippen LogP contribution in [0.4, 0.5) is 0 Å². The molecule has 0 heterocycles. The van der Waals surface area contributed by atoms with Crippen molar-refractivity contribution in [3.63, 3.8) is 0 Å². The van der Waals surface area contributed by atoms with E-state index in [0.717, 1.165) is 0 Å². The smallest absolute Gasteiger partial charge is 0.335 e. The molecule has 1 atom stereocenters. The molecular formula is C14H19BrO5. The Morgan fingerprint density at radius 1 is 1.35 bits per heavy atom. The molecule has 1 unspecified atom stereocenters. The van der Waals surface area contributed by atoms with Crippen LogP contribution in [0.25, 0.3) is 0 Å². The van der Waals surface area contributed by atoms with Gasteiger partial charge in [-0.2, -0.15) is 0 Å². The van der Waals surface area contributed by atoms with Crippen LogP contribution >= 0.6 is 15.9 Å². The van der Waals surface area contributed by atoms with Gasteiger partial charge in [-0.25, -0.2) is 4.79 Å². The number of ether oxygens (including phenoxy) is 2. The van der Waals surface area contributed by atoms with E-state index in [-0.39, 0.29) is 12.2 Å². The lowest BCUT2D eigenvalue weighted by molar-refractivity contribution is 0.00733. The van der Waals surface area contributed by atoms with Crippen LogP contribution in [-0.2, 0) is 0 Å². The van der Waals surface area contributed by atoms with Crippen LogP contribution in [0.5, 0.6) is 11.5 Å². The van der Waals surface area contributed by atoms with Crippen molar-refractivity contribution in [3.05, 3.63) is 22.2 Å². The van der Waals surface area contributed by atoms with Gasteiger partial charge in [0.1, 0.15) is 6.61 Å². The van der Waals surface area contributed by atoms with Crippen LogP contribution in [0.2, 0.25) is 0 Å². The second-order valence-electron chi connectivity index (χ2n) is 4.66. The molecule has 1 aromatic carbocycles. The number of carboxylic acid groups (broad SMARTS) is 1. The van der Waals surface area contributed by atoms with Gasteiger partial charge in [0.15, 0.2) is 11.5 Å². The molecule has 1 aromatic rings. The highest BCUT2D eigenvalue weighted by atomic mass is 79.9. The maximum absolute atomic E-state index is 11.0. The Morgan fingerprint density at radius 3 is 2.50 bits per heavy atom. The van der Waals surface area contributed by atoms with Crippen molar-refractivity contribution in [1.82, 2.24) is 0 Å². The predicted octanol–water partition coefficient (Wildman–Crippen LogP) is 3.09. The second kappa shape index (κ2) is 6.95. The van der Waals surface area contributed by atoms with E-state index < -0.39 is 11.6 Å². The topological polar surface area (TPSA) is 76.0 Å². The number of carboxylic acids is 1. The number of benzene rings is 1. The number of hydrogen-bond acceptors (Lipinski definition) is 4. The number of aliphatic hydroxyl groups is 1. The quantitative estimate of drug-likeness (QED) is 0.793. The molecule has 0 bridgehead atoms. The molecule has 0 aliphatic rings. The second-order valence-corrected chi connectivity index (χ2v) is 5.52. The molecule has 5 nitrogen and oxygen atoms in total. The van der Waals surface area contributed by atoms with Gasteiger partial charge in [-0.1, -0.05) is 6.92 Å². The summed E-state index contributed by atoms with van der Waals surface area (Å²) in [5, 5.41) is 19.0. The van der Waals surface area contributed by atoms with Gasteiger partial charge in [0, 0.05) is 0 Å². The molecule has 0 aromatic heterocycles. The monoisotopic (exact) mass is 346 g/mol. The van der Waals surface area contributed by atoms with Crippen molar-refractivity contribution in [2.75, 3.05) is 13.2 Å². The van der Waals surface area contributed by atoms with Crippen molar-refractivity contribution in [2.24, 2.45) is 0 Å². The summed E-state index contributed by atoms with van der Waals surface area (Å²) in [4.78, 5) is 11.0. The van der Waals surface area contributed by atoms with Gasteiger partial charge in [0.05, 0.1) is 22.2 Å². The standard InChI is InChI=1S/C14H19BrO5/c1-4-14(3,18)8-20-12-10(15)6-9(13(16)17)7-11(12)19-5-2/h6-7,18H,4-5,8H2,1-3H3,(H,16,17). The zero-order chi connectivity index (χ0) is 15.3. The SMILES string of the molecule is CCOc1cc(C(=O)O)cc(Br)c1OCC(C)(O)CC. The first-order valence-electron chi connectivity index (χ1n) is 6.35. The highest BCUT2D eigenvalue weighted by Crippen LogP contribution is 2.37. The maximum atomic E-state index is 11.0. The minimum atomic E-state index is -1.04. The fourth-order valence-corrected chi connectivity index (χ4v) is 1.98. The lowest BCUT2D eigenvalue weighted by atomic mass is 10.1. The van der Waals surface area contributed by atoms with Crippen LogP contribution < -0.4 is 9.47 Å². The number of hydrogen-bond donors (Lipinski definition) is 2. The van der Waals surface area contributed by atoms with E-state index >= 15 is 0 Å². The highest BCUT2D eigenvalue weighted by Gasteiger charge is 2.22. The summed E-state index contributed by atoms with van der Waals surface area (Å²) >= 11 is 3.28. The minimum absolute atomic E-state index is 0.0919. The van der Waals surface area contributed by atoms with Crippen LogP contribution in [-0.4, -0.2) is 35.0 Å². The summed E-state index contributed by atoms with van der Waals surface area (Å²) in [6, 6.07) is 2.85. The minimum Gasteiger partial charge on any atom is -0.490 e. The summed E-state index contributed by atoms with van der Waals surface area (Å²) in [5.74, 6) is -0.310. The lowest BCUT2D eigenvalue weighted by Gasteiger charge is -2.23. The largest absolute Gasteiger partial charge is 0.490 e. The van der Waals surface area contributed by atoms with Crippen molar-refractivity contribution < 1.29 is 24.5 Å². The lowest BCUT2D eigenvalue weighted by Crippen LogP contribution is -2.31.